The molecule has 2 rings (SSSR count). The van der Waals surface area contributed by atoms with E-state index in [9.17, 15) is 4.79 Å². The Morgan fingerprint density at radius 2 is 2.24 bits per heavy atom. The lowest BCUT2D eigenvalue weighted by Crippen LogP contribution is -2.09. The first kappa shape index (κ1) is 15.6. The molecule has 0 unspecified atom stereocenters. The van der Waals surface area contributed by atoms with Crippen molar-refractivity contribution in [3.63, 3.8) is 0 Å². The van der Waals surface area contributed by atoms with Crippen LogP contribution >= 0.6 is 11.8 Å². The number of thioether (sulfide) groups is 1. The summed E-state index contributed by atoms with van der Waals surface area (Å²) in [6, 6.07) is 1.56. The minimum absolute atomic E-state index is 0.101. The molecule has 0 spiro atoms. The summed E-state index contributed by atoms with van der Waals surface area (Å²) in [5.41, 5.74) is 0.723. The first-order valence-corrected chi connectivity index (χ1v) is 7.98. The van der Waals surface area contributed by atoms with Crippen molar-refractivity contribution in [2.45, 2.75) is 44.0 Å². The van der Waals surface area contributed by atoms with Crippen LogP contribution in [0.25, 0.3) is 0 Å². The predicted octanol–water partition coefficient (Wildman–Crippen LogP) is 2.70. The summed E-state index contributed by atoms with van der Waals surface area (Å²) >= 11 is 1.48. The standard InChI is InChI=1S/C14H20N4O2S/c1-4-5-20-12-7-15-10(6-11(12)19)8-21-14-16-13(9(2)3)17-18-14/h6-7,9H,4-5,8H2,1-3H3,(H,15,19)(H,16,17,18). The summed E-state index contributed by atoms with van der Waals surface area (Å²) in [6.45, 7) is 6.66. The van der Waals surface area contributed by atoms with E-state index in [0.29, 0.717) is 29.2 Å². The molecule has 0 saturated carbocycles. The monoisotopic (exact) mass is 308 g/mol. The van der Waals surface area contributed by atoms with Gasteiger partial charge in [0.1, 0.15) is 5.82 Å². The largest absolute Gasteiger partial charge is 0.488 e. The number of hydrogen-bond donors (Lipinski definition) is 2. The lowest BCUT2D eigenvalue weighted by molar-refractivity contribution is 0.313. The van der Waals surface area contributed by atoms with E-state index in [0.717, 1.165) is 17.9 Å². The Bertz CT molecular complexity index is 636. The summed E-state index contributed by atoms with van der Waals surface area (Å²) in [6.07, 6.45) is 2.49. The molecule has 2 N–H and O–H groups in total. The van der Waals surface area contributed by atoms with Crippen molar-refractivity contribution < 1.29 is 4.74 Å². The van der Waals surface area contributed by atoms with E-state index in [1.54, 1.807) is 12.3 Å². The number of nitrogens with one attached hydrogen (secondary N) is 2. The first-order valence-electron chi connectivity index (χ1n) is 6.99. The van der Waals surface area contributed by atoms with Crippen LogP contribution in [0.3, 0.4) is 0 Å². The number of aromatic amines is 2. The summed E-state index contributed by atoms with van der Waals surface area (Å²) in [4.78, 5) is 19.3. The van der Waals surface area contributed by atoms with Crippen molar-refractivity contribution in [1.82, 2.24) is 20.2 Å². The van der Waals surface area contributed by atoms with Crippen LogP contribution in [-0.4, -0.2) is 26.8 Å². The van der Waals surface area contributed by atoms with Gasteiger partial charge < -0.3 is 9.72 Å². The van der Waals surface area contributed by atoms with Gasteiger partial charge in [0, 0.05) is 29.6 Å². The number of aromatic nitrogens is 4. The van der Waals surface area contributed by atoms with Gasteiger partial charge in [-0.05, 0) is 6.42 Å². The Kier molecular flexibility index (Phi) is 5.44. The zero-order valence-electron chi connectivity index (χ0n) is 12.5. The average molecular weight is 308 g/mol. The van der Waals surface area contributed by atoms with Crippen LogP contribution in [0.4, 0.5) is 0 Å². The molecule has 0 fully saturated rings. The Labute approximate surface area is 127 Å². The van der Waals surface area contributed by atoms with Crippen molar-refractivity contribution >= 4 is 11.8 Å². The molecule has 114 valence electrons. The third-order valence-corrected chi connectivity index (χ3v) is 3.68. The van der Waals surface area contributed by atoms with Gasteiger partial charge in [-0.2, -0.15) is 0 Å². The molecular weight excluding hydrogens is 288 g/mol. The Hall–Kier alpha value is -1.76. The van der Waals surface area contributed by atoms with E-state index in [2.05, 4.69) is 34.0 Å². The molecule has 0 saturated heterocycles. The molecule has 0 aromatic carbocycles. The maximum atomic E-state index is 11.9. The van der Waals surface area contributed by atoms with E-state index in [-0.39, 0.29) is 5.43 Å². The molecule has 2 heterocycles. The summed E-state index contributed by atoms with van der Waals surface area (Å²) in [5.74, 6) is 2.17. The van der Waals surface area contributed by atoms with Crippen molar-refractivity contribution in [2.24, 2.45) is 0 Å². The van der Waals surface area contributed by atoms with Gasteiger partial charge in [-0.3, -0.25) is 9.89 Å². The zero-order chi connectivity index (χ0) is 15.2. The van der Waals surface area contributed by atoms with Crippen LogP contribution in [0.2, 0.25) is 0 Å². The van der Waals surface area contributed by atoms with E-state index in [1.807, 2.05) is 6.92 Å². The van der Waals surface area contributed by atoms with E-state index >= 15 is 0 Å². The van der Waals surface area contributed by atoms with E-state index < -0.39 is 0 Å². The highest BCUT2D eigenvalue weighted by Gasteiger charge is 2.08. The van der Waals surface area contributed by atoms with Gasteiger partial charge in [0.15, 0.2) is 5.75 Å². The fourth-order valence-electron chi connectivity index (χ4n) is 1.63. The lowest BCUT2D eigenvalue weighted by Gasteiger charge is -2.04. The Balaban J connectivity index is 1.96. The third kappa shape index (κ3) is 4.35. The lowest BCUT2D eigenvalue weighted by atomic mass is 10.2. The second kappa shape index (κ2) is 7.31. The maximum Gasteiger partial charge on any atom is 0.223 e. The van der Waals surface area contributed by atoms with Crippen LogP contribution in [-0.2, 0) is 5.75 Å². The number of ether oxygens (including phenoxy) is 1. The molecule has 0 radical (unpaired) electrons. The fraction of sp³-hybridized carbons (Fsp3) is 0.500. The van der Waals surface area contributed by atoms with E-state index in [1.165, 1.54) is 11.8 Å². The topological polar surface area (TPSA) is 83.7 Å². The van der Waals surface area contributed by atoms with Crippen LogP contribution in [0, 0.1) is 0 Å². The van der Waals surface area contributed by atoms with Gasteiger partial charge in [-0.25, -0.2) is 4.98 Å². The second-order valence-electron chi connectivity index (χ2n) is 4.98. The van der Waals surface area contributed by atoms with Gasteiger partial charge in [0.2, 0.25) is 10.6 Å². The molecule has 0 amide bonds. The smallest absolute Gasteiger partial charge is 0.223 e. The molecule has 21 heavy (non-hydrogen) atoms. The van der Waals surface area contributed by atoms with Gasteiger partial charge in [0.25, 0.3) is 0 Å². The quantitative estimate of drug-likeness (QED) is 0.768. The molecule has 2 aromatic rings. The molecular formula is C14H20N4O2S. The third-order valence-electron chi connectivity index (χ3n) is 2.78. The number of hydrogen-bond acceptors (Lipinski definition) is 5. The zero-order valence-corrected chi connectivity index (χ0v) is 13.3. The molecule has 2 aromatic heterocycles. The minimum atomic E-state index is -0.101. The molecule has 6 nitrogen and oxygen atoms in total. The predicted molar refractivity (Wildman–Crippen MR) is 82.9 cm³/mol. The van der Waals surface area contributed by atoms with Gasteiger partial charge in [-0.15, -0.1) is 5.10 Å². The molecule has 0 aliphatic rings. The fourth-order valence-corrected chi connectivity index (χ4v) is 2.36. The molecule has 0 atom stereocenters. The molecule has 0 aliphatic carbocycles. The number of H-pyrrole nitrogens is 2. The van der Waals surface area contributed by atoms with Gasteiger partial charge in [0.05, 0.1) is 6.61 Å². The van der Waals surface area contributed by atoms with Crippen molar-refractivity contribution in [2.75, 3.05) is 6.61 Å². The van der Waals surface area contributed by atoms with Crippen molar-refractivity contribution in [3.8, 4) is 5.75 Å². The highest BCUT2D eigenvalue weighted by Crippen LogP contribution is 2.19. The average Bonchev–Trinajstić information content (AvgIpc) is 2.93. The highest BCUT2D eigenvalue weighted by molar-refractivity contribution is 7.98. The van der Waals surface area contributed by atoms with Crippen molar-refractivity contribution in [1.29, 1.82) is 0 Å². The van der Waals surface area contributed by atoms with E-state index in [4.69, 9.17) is 4.74 Å². The van der Waals surface area contributed by atoms with Gasteiger partial charge >= 0.3 is 0 Å². The van der Waals surface area contributed by atoms with Crippen LogP contribution < -0.4 is 10.2 Å². The number of nitrogens with zero attached hydrogens (tertiary/aromatic N) is 2. The highest BCUT2D eigenvalue weighted by atomic mass is 32.2. The first-order chi connectivity index (χ1) is 10.1. The Morgan fingerprint density at radius 3 is 2.86 bits per heavy atom. The number of rotatable bonds is 7. The van der Waals surface area contributed by atoms with Crippen LogP contribution in [0.1, 0.15) is 44.6 Å². The second-order valence-corrected chi connectivity index (χ2v) is 5.92. The minimum Gasteiger partial charge on any atom is -0.488 e. The SMILES string of the molecule is CCCOc1c[nH]c(CSc2n[nH]c(C(C)C)n2)cc1=O. The number of pyridine rings is 1. The normalized spacial score (nSPS) is 11.0. The summed E-state index contributed by atoms with van der Waals surface area (Å²) in [7, 11) is 0. The van der Waals surface area contributed by atoms with Crippen molar-refractivity contribution in [3.05, 3.63) is 34.0 Å². The molecule has 7 heteroatoms. The molecule has 0 bridgehead atoms. The van der Waals surface area contributed by atoms with Gasteiger partial charge in [-0.1, -0.05) is 32.5 Å². The summed E-state index contributed by atoms with van der Waals surface area (Å²) < 4.78 is 5.35. The molecule has 0 aliphatic heterocycles. The van der Waals surface area contributed by atoms with Crippen LogP contribution in [0.5, 0.6) is 5.75 Å². The summed E-state index contributed by atoms with van der Waals surface area (Å²) in [5, 5.41) is 7.74. The maximum absolute atomic E-state index is 11.9. The Morgan fingerprint density at radius 1 is 1.43 bits per heavy atom. The van der Waals surface area contributed by atoms with Crippen LogP contribution in [0.15, 0.2) is 22.2 Å².